The van der Waals surface area contributed by atoms with Crippen molar-refractivity contribution >= 4 is 34.7 Å². The van der Waals surface area contributed by atoms with E-state index in [2.05, 4.69) is 27.5 Å². The molecule has 2 heterocycles. The van der Waals surface area contributed by atoms with Gasteiger partial charge in [0.15, 0.2) is 5.82 Å². The number of fused-ring (bicyclic) bond motifs is 1. The van der Waals surface area contributed by atoms with Crippen molar-refractivity contribution in [1.29, 1.82) is 0 Å². The average molecular weight is 339 g/mol. The van der Waals surface area contributed by atoms with Gasteiger partial charge in [0.1, 0.15) is 0 Å². The van der Waals surface area contributed by atoms with Crippen molar-refractivity contribution in [2.45, 2.75) is 26.2 Å². The number of carbonyl (C=O) groups is 2. The molecule has 0 aliphatic heterocycles. The van der Waals surface area contributed by atoms with Crippen LogP contribution in [0.15, 0.2) is 30.5 Å². The summed E-state index contributed by atoms with van der Waals surface area (Å²) in [7, 11) is 1.89. The normalized spacial score (nSPS) is 10.8. The summed E-state index contributed by atoms with van der Waals surface area (Å²) in [4.78, 5) is 30.3. The van der Waals surface area contributed by atoms with Gasteiger partial charge in [0.2, 0.25) is 12.3 Å². The first-order chi connectivity index (χ1) is 12.1. The zero-order valence-corrected chi connectivity index (χ0v) is 14.3. The van der Waals surface area contributed by atoms with E-state index in [1.807, 2.05) is 42.1 Å². The monoisotopic (exact) mass is 339 g/mol. The lowest BCUT2D eigenvalue weighted by Gasteiger charge is -2.04. The fourth-order valence-electron chi connectivity index (χ4n) is 2.71. The van der Waals surface area contributed by atoms with Crippen LogP contribution in [0.5, 0.6) is 0 Å². The third-order valence-corrected chi connectivity index (χ3v) is 4.00. The van der Waals surface area contributed by atoms with E-state index in [4.69, 9.17) is 0 Å². The van der Waals surface area contributed by atoms with Gasteiger partial charge in [0, 0.05) is 25.4 Å². The van der Waals surface area contributed by atoms with E-state index in [1.165, 1.54) is 0 Å². The van der Waals surface area contributed by atoms with Crippen LogP contribution in [0.4, 0.5) is 11.4 Å². The Morgan fingerprint density at radius 3 is 2.92 bits per heavy atom. The van der Waals surface area contributed by atoms with Gasteiger partial charge < -0.3 is 20.2 Å². The molecule has 3 rings (SSSR count). The highest BCUT2D eigenvalue weighted by atomic mass is 16.1. The van der Waals surface area contributed by atoms with Crippen LogP contribution in [0, 0.1) is 0 Å². The van der Waals surface area contributed by atoms with E-state index >= 15 is 0 Å². The maximum Gasteiger partial charge on any atom is 0.224 e. The number of nitrogens with one attached hydrogen (secondary N) is 3. The fourth-order valence-corrected chi connectivity index (χ4v) is 2.71. The zero-order chi connectivity index (χ0) is 17.8. The van der Waals surface area contributed by atoms with E-state index in [1.54, 1.807) is 0 Å². The van der Waals surface area contributed by atoms with Crippen LogP contribution in [-0.4, -0.2) is 26.9 Å². The summed E-state index contributed by atoms with van der Waals surface area (Å²) in [5.41, 5.74) is 3.95. The molecule has 2 amide bonds. The first-order valence-corrected chi connectivity index (χ1v) is 8.27. The number of hydrogen-bond acceptors (Lipinski definition) is 3. The maximum atomic E-state index is 11.9. The quantitative estimate of drug-likeness (QED) is 0.577. The zero-order valence-electron chi connectivity index (χ0n) is 14.3. The molecule has 130 valence electrons. The smallest absolute Gasteiger partial charge is 0.224 e. The van der Waals surface area contributed by atoms with Crippen molar-refractivity contribution in [1.82, 2.24) is 14.5 Å². The van der Waals surface area contributed by atoms with Gasteiger partial charge in [-0.3, -0.25) is 9.59 Å². The number of rotatable bonds is 7. The largest absolute Gasteiger partial charge is 0.346 e. The number of aromatic nitrogens is 3. The van der Waals surface area contributed by atoms with Gasteiger partial charge in [-0.2, -0.15) is 0 Å². The highest BCUT2D eigenvalue weighted by Crippen LogP contribution is 2.25. The number of hydrogen-bond donors (Lipinski definition) is 3. The number of unbranched alkanes of at least 4 members (excludes halogenated alkanes) is 1. The molecule has 0 aliphatic carbocycles. The first-order valence-electron chi connectivity index (χ1n) is 8.27. The molecule has 0 saturated heterocycles. The number of imidazole rings is 1. The summed E-state index contributed by atoms with van der Waals surface area (Å²) in [5.74, 6) is 0.717. The van der Waals surface area contributed by atoms with E-state index in [9.17, 15) is 9.59 Å². The Hall–Kier alpha value is -3.09. The summed E-state index contributed by atoms with van der Waals surface area (Å²) < 4.78 is 1.89. The molecule has 0 saturated carbocycles. The Morgan fingerprint density at radius 1 is 1.32 bits per heavy atom. The minimum absolute atomic E-state index is 0.0176. The Kier molecular flexibility index (Phi) is 4.83. The molecule has 0 radical (unpaired) electrons. The second-order valence-corrected chi connectivity index (χ2v) is 5.96. The minimum Gasteiger partial charge on any atom is -0.346 e. The van der Waals surface area contributed by atoms with Crippen LogP contribution < -0.4 is 10.6 Å². The Morgan fingerprint density at radius 2 is 2.16 bits per heavy atom. The molecular formula is C18H21N5O2. The predicted molar refractivity (Wildman–Crippen MR) is 98.3 cm³/mol. The molecule has 0 spiro atoms. The van der Waals surface area contributed by atoms with Crippen LogP contribution in [0.3, 0.4) is 0 Å². The van der Waals surface area contributed by atoms with Gasteiger partial charge in [-0.05, 0) is 30.7 Å². The number of anilines is 2. The van der Waals surface area contributed by atoms with Crippen LogP contribution in [0.2, 0.25) is 0 Å². The average Bonchev–Trinajstić information content (AvgIpc) is 3.16. The molecule has 0 fully saturated rings. The third kappa shape index (κ3) is 3.71. The van der Waals surface area contributed by atoms with Crippen LogP contribution >= 0.6 is 0 Å². The Bertz CT molecular complexity index is 909. The SMILES string of the molecule is CCCCC(=O)Nc1ccc2[nH]c(-c3cc(NC=O)cn3C)nc2c1. The molecule has 0 unspecified atom stereocenters. The Labute approximate surface area is 145 Å². The summed E-state index contributed by atoms with van der Waals surface area (Å²) in [6.45, 7) is 2.06. The van der Waals surface area contributed by atoms with E-state index in [-0.39, 0.29) is 5.91 Å². The molecule has 3 aromatic rings. The lowest BCUT2D eigenvalue weighted by molar-refractivity contribution is -0.116. The molecule has 0 aliphatic rings. The second-order valence-electron chi connectivity index (χ2n) is 5.96. The van der Waals surface area contributed by atoms with E-state index in [0.29, 0.717) is 24.3 Å². The van der Waals surface area contributed by atoms with E-state index < -0.39 is 0 Å². The molecule has 7 nitrogen and oxygen atoms in total. The molecule has 0 bridgehead atoms. The van der Waals surface area contributed by atoms with Gasteiger partial charge in [0.25, 0.3) is 0 Å². The number of benzene rings is 1. The molecule has 3 N–H and O–H groups in total. The predicted octanol–water partition coefficient (Wildman–Crippen LogP) is 3.27. The number of amides is 2. The van der Waals surface area contributed by atoms with Gasteiger partial charge in [-0.15, -0.1) is 0 Å². The van der Waals surface area contributed by atoms with Gasteiger partial charge in [-0.25, -0.2) is 4.98 Å². The Balaban J connectivity index is 1.85. The summed E-state index contributed by atoms with van der Waals surface area (Å²) >= 11 is 0. The summed E-state index contributed by atoms with van der Waals surface area (Å²) in [6, 6.07) is 7.46. The van der Waals surface area contributed by atoms with Crippen LogP contribution in [0.25, 0.3) is 22.6 Å². The molecule has 0 atom stereocenters. The van der Waals surface area contributed by atoms with Crippen LogP contribution in [-0.2, 0) is 16.6 Å². The molecule has 1 aromatic carbocycles. The van der Waals surface area contributed by atoms with Crippen molar-refractivity contribution in [2.24, 2.45) is 7.05 Å². The van der Waals surface area contributed by atoms with Gasteiger partial charge >= 0.3 is 0 Å². The number of aryl methyl sites for hydroxylation is 1. The van der Waals surface area contributed by atoms with Crippen molar-refractivity contribution in [3.8, 4) is 11.5 Å². The van der Waals surface area contributed by atoms with Crippen molar-refractivity contribution in [3.63, 3.8) is 0 Å². The first kappa shape index (κ1) is 16.8. The summed E-state index contributed by atoms with van der Waals surface area (Å²) in [6.07, 6.45) is 4.86. The van der Waals surface area contributed by atoms with Crippen molar-refractivity contribution in [3.05, 3.63) is 30.5 Å². The van der Waals surface area contributed by atoms with Crippen molar-refractivity contribution in [2.75, 3.05) is 10.6 Å². The number of carbonyl (C=O) groups excluding carboxylic acids is 2. The fraction of sp³-hybridized carbons (Fsp3) is 0.278. The standard InChI is InChI=1S/C18H21N5O2/c1-3-4-5-17(25)20-12-6-7-14-15(8-12)22-18(21-14)16-9-13(19-11-24)10-23(16)2/h6-11H,3-5H2,1-2H3,(H,19,24)(H,20,25)(H,21,22). The lowest BCUT2D eigenvalue weighted by Crippen LogP contribution is -2.10. The molecule has 7 heteroatoms. The van der Waals surface area contributed by atoms with Gasteiger partial charge in [-0.1, -0.05) is 13.3 Å². The molecule has 25 heavy (non-hydrogen) atoms. The maximum absolute atomic E-state index is 11.9. The van der Waals surface area contributed by atoms with Crippen LogP contribution in [0.1, 0.15) is 26.2 Å². The minimum atomic E-state index is 0.0176. The number of aromatic amines is 1. The van der Waals surface area contributed by atoms with E-state index in [0.717, 1.165) is 35.3 Å². The lowest BCUT2D eigenvalue weighted by atomic mass is 10.2. The number of nitrogens with zero attached hydrogens (tertiary/aromatic N) is 2. The number of H-pyrrole nitrogens is 1. The second kappa shape index (κ2) is 7.21. The molecular weight excluding hydrogens is 318 g/mol. The third-order valence-electron chi connectivity index (χ3n) is 4.00. The van der Waals surface area contributed by atoms with Gasteiger partial charge in [0.05, 0.1) is 22.4 Å². The summed E-state index contributed by atoms with van der Waals surface area (Å²) in [5, 5.41) is 5.53. The highest BCUT2D eigenvalue weighted by molar-refractivity contribution is 5.93. The highest BCUT2D eigenvalue weighted by Gasteiger charge is 2.11. The molecule has 2 aromatic heterocycles. The van der Waals surface area contributed by atoms with Crippen molar-refractivity contribution < 1.29 is 9.59 Å². The topological polar surface area (TPSA) is 91.8 Å².